The second kappa shape index (κ2) is 4.82. The highest BCUT2D eigenvalue weighted by molar-refractivity contribution is 7.99. The van der Waals surface area contributed by atoms with Crippen molar-refractivity contribution in [3.05, 3.63) is 29.0 Å². The molecule has 0 unspecified atom stereocenters. The molecular formula is C9H7ClF3N5S. The molecule has 1 heterocycles. The smallest absolute Gasteiger partial charge is 0.399 e. The van der Waals surface area contributed by atoms with Gasteiger partial charge in [0.2, 0.25) is 5.16 Å². The van der Waals surface area contributed by atoms with Gasteiger partial charge in [-0.05, 0) is 30.0 Å². The molecule has 0 aliphatic carbocycles. The van der Waals surface area contributed by atoms with E-state index in [9.17, 15) is 13.2 Å². The Balaban J connectivity index is 2.32. The van der Waals surface area contributed by atoms with E-state index in [1.165, 1.54) is 6.07 Å². The van der Waals surface area contributed by atoms with Crippen molar-refractivity contribution in [2.24, 2.45) is 0 Å². The Labute approximate surface area is 114 Å². The predicted molar refractivity (Wildman–Crippen MR) is 65.2 cm³/mol. The van der Waals surface area contributed by atoms with Gasteiger partial charge >= 0.3 is 6.18 Å². The number of benzene rings is 1. The number of nitrogens with zero attached hydrogens (tertiary/aromatic N) is 3. The molecular weight excluding hydrogens is 303 g/mol. The summed E-state index contributed by atoms with van der Waals surface area (Å²) in [6.07, 6.45) is -4.66. The molecule has 0 fully saturated rings. The summed E-state index contributed by atoms with van der Waals surface area (Å²) in [5.74, 6) is 4.02. The van der Waals surface area contributed by atoms with Gasteiger partial charge in [-0.25, -0.2) is 4.68 Å². The van der Waals surface area contributed by atoms with Gasteiger partial charge in [0.15, 0.2) is 0 Å². The third-order valence-electron chi connectivity index (χ3n) is 2.08. The number of anilines is 1. The van der Waals surface area contributed by atoms with Gasteiger partial charge in [-0.15, -0.1) is 10.2 Å². The molecule has 0 atom stereocenters. The van der Waals surface area contributed by atoms with Gasteiger partial charge in [0.05, 0.1) is 5.02 Å². The number of aromatic nitrogens is 3. The number of alkyl halides is 3. The molecule has 0 radical (unpaired) electrons. The maximum Gasteiger partial charge on any atom is 0.453 e. The van der Waals surface area contributed by atoms with E-state index in [-0.39, 0.29) is 5.16 Å². The lowest BCUT2D eigenvalue weighted by atomic mass is 10.3. The van der Waals surface area contributed by atoms with E-state index < -0.39 is 12.0 Å². The molecule has 0 saturated carbocycles. The minimum Gasteiger partial charge on any atom is -0.399 e. The first-order valence-corrected chi connectivity index (χ1v) is 5.99. The number of nitrogen functional groups attached to an aromatic ring is 2. The van der Waals surface area contributed by atoms with E-state index in [0.717, 1.165) is 11.8 Å². The van der Waals surface area contributed by atoms with Crippen molar-refractivity contribution in [1.29, 1.82) is 0 Å². The topological polar surface area (TPSA) is 82.8 Å². The normalized spacial score (nSPS) is 11.8. The molecule has 0 aliphatic rings. The lowest BCUT2D eigenvalue weighted by Crippen LogP contribution is -2.21. The van der Waals surface area contributed by atoms with Crippen LogP contribution < -0.4 is 11.6 Å². The molecule has 10 heteroatoms. The van der Waals surface area contributed by atoms with Crippen molar-refractivity contribution in [2.45, 2.75) is 16.2 Å². The average molecular weight is 310 g/mol. The van der Waals surface area contributed by atoms with Crippen molar-refractivity contribution < 1.29 is 13.2 Å². The van der Waals surface area contributed by atoms with Crippen molar-refractivity contribution in [2.75, 3.05) is 11.6 Å². The lowest BCUT2D eigenvalue weighted by molar-refractivity contribution is -0.146. The van der Waals surface area contributed by atoms with Crippen LogP contribution in [0.25, 0.3) is 0 Å². The summed E-state index contributed by atoms with van der Waals surface area (Å²) < 4.78 is 37.8. The largest absolute Gasteiger partial charge is 0.453 e. The predicted octanol–water partition coefficient (Wildman–Crippen LogP) is 2.40. The van der Waals surface area contributed by atoms with Gasteiger partial charge in [-0.3, -0.25) is 0 Å². The highest BCUT2D eigenvalue weighted by atomic mass is 35.5. The van der Waals surface area contributed by atoms with Gasteiger partial charge in [0, 0.05) is 10.6 Å². The fourth-order valence-electron chi connectivity index (χ4n) is 1.24. The van der Waals surface area contributed by atoms with Crippen LogP contribution in [0.15, 0.2) is 28.3 Å². The Morgan fingerprint density at radius 3 is 2.47 bits per heavy atom. The first-order valence-electron chi connectivity index (χ1n) is 4.79. The fraction of sp³-hybridized carbons (Fsp3) is 0.111. The van der Waals surface area contributed by atoms with E-state index in [0.29, 0.717) is 20.3 Å². The van der Waals surface area contributed by atoms with Crippen molar-refractivity contribution in [3.63, 3.8) is 0 Å². The fourth-order valence-corrected chi connectivity index (χ4v) is 2.30. The molecule has 2 aromatic rings. The van der Waals surface area contributed by atoms with Crippen LogP contribution in [0.1, 0.15) is 5.82 Å². The summed E-state index contributed by atoms with van der Waals surface area (Å²) in [4.78, 5) is 0.476. The van der Waals surface area contributed by atoms with Crippen LogP contribution in [0.3, 0.4) is 0 Å². The molecule has 1 aromatic carbocycles. The molecule has 0 amide bonds. The standard InChI is InChI=1S/C9H7ClF3N5S/c10-5-3-4(14)1-2-6(5)19-8-17-16-7(18(8)15)9(11,12)13/h1-3H,14-15H2. The van der Waals surface area contributed by atoms with Gasteiger partial charge < -0.3 is 11.6 Å². The van der Waals surface area contributed by atoms with Crippen LogP contribution in [0.2, 0.25) is 5.02 Å². The summed E-state index contributed by atoms with van der Waals surface area (Å²) >= 11 is 6.77. The highest BCUT2D eigenvalue weighted by Gasteiger charge is 2.38. The molecule has 0 bridgehead atoms. The molecule has 0 aliphatic heterocycles. The third-order valence-corrected chi connectivity index (χ3v) is 3.54. The SMILES string of the molecule is Nc1ccc(Sc2nnc(C(F)(F)F)n2N)c(Cl)c1. The molecule has 5 nitrogen and oxygen atoms in total. The first-order chi connectivity index (χ1) is 8.79. The summed E-state index contributed by atoms with van der Waals surface area (Å²) in [5.41, 5.74) is 5.96. The second-order valence-electron chi connectivity index (χ2n) is 3.47. The van der Waals surface area contributed by atoms with Crippen molar-refractivity contribution in [1.82, 2.24) is 14.9 Å². The van der Waals surface area contributed by atoms with Crippen LogP contribution in [-0.4, -0.2) is 14.9 Å². The first kappa shape index (κ1) is 13.8. The lowest BCUT2D eigenvalue weighted by Gasteiger charge is -2.07. The van der Waals surface area contributed by atoms with Crippen LogP contribution in [0.4, 0.5) is 18.9 Å². The minimum absolute atomic E-state index is 0.126. The van der Waals surface area contributed by atoms with E-state index >= 15 is 0 Å². The van der Waals surface area contributed by atoms with Crippen molar-refractivity contribution in [3.8, 4) is 0 Å². The zero-order valence-corrected chi connectivity index (χ0v) is 10.7. The zero-order chi connectivity index (χ0) is 14.2. The molecule has 0 saturated heterocycles. The van der Waals surface area contributed by atoms with Gasteiger partial charge in [-0.1, -0.05) is 11.6 Å². The Morgan fingerprint density at radius 2 is 1.95 bits per heavy atom. The number of hydrogen-bond donors (Lipinski definition) is 2. The van der Waals surface area contributed by atoms with Gasteiger partial charge in [0.25, 0.3) is 5.82 Å². The summed E-state index contributed by atoms with van der Waals surface area (Å²) in [7, 11) is 0. The van der Waals surface area contributed by atoms with Crippen LogP contribution in [-0.2, 0) is 6.18 Å². The summed E-state index contributed by atoms with van der Waals surface area (Å²) in [6, 6.07) is 4.60. The molecule has 0 spiro atoms. The van der Waals surface area contributed by atoms with E-state index in [1.54, 1.807) is 12.1 Å². The third kappa shape index (κ3) is 2.87. The van der Waals surface area contributed by atoms with Gasteiger partial charge in [0.1, 0.15) is 0 Å². The molecule has 102 valence electrons. The highest BCUT2D eigenvalue weighted by Crippen LogP contribution is 2.35. The van der Waals surface area contributed by atoms with Crippen molar-refractivity contribution >= 4 is 29.1 Å². The van der Waals surface area contributed by atoms with Crippen LogP contribution in [0.5, 0.6) is 0 Å². The second-order valence-corrected chi connectivity index (χ2v) is 4.88. The summed E-state index contributed by atoms with van der Waals surface area (Å²) in [5, 5.41) is 6.55. The number of hydrogen-bond acceptors (Lipinski definition) is 5. The Morgan fingerprint density at radius 1 is 1.26 bits per heavy atom. The molecule has 19 heavy (non-hydrogen) atoms. The quantitative estimate of drug-likeness (QED) is 0.657. The molecule has 2 rings (SSSR count). The number of halogens is 4. The zero-order valence-electron chi connectivity index (χ0n) is 9.15. The van der Waals surface area contributed by atoms with E-state index in [4.69, 9.17) is 23.2 Å². The number of rotatable bonds is 2. The monoisotopic (exact) mass is 309 g/mol. The van der Waals surface area contributed by atoms with E-state index in [1.807, 2.05) is 0 Å². The van der Waals surface area contributed by atoms with Crippen LogP contribution >= 0.6 is 23.4 Å². The molecule has 1 aromatic heterocycles. The summed E-state index contributed by atoms with van der Waals surface area (Å²) in [6.45, 7) is 0. The Bertz CT molecular complexity index is 612. The van der Waals surface area contributed by atoms with Gasteiger partial charge in [-0.2, -0.15) is 13.2 Å². The average Bonchev–Trinajstić information content (AvgIpc) is 2.64. The Kier molecular flexibility index (Phi) is 3.50. The number of nitrogens with two attached hydrogens (primary N) is 2. The molecule has 4 N–H and O–H groups in total. The van der Waals surface area contributed by atoms with Crippen LogP contribution in [0, 0.1) is 0 Å². The maximum atomic E-state index is 12.5. The Hall–Kier alpha value is -1.61. The van der Waals surface area contributed by atoms with E-state index in [2.05, 4.69) is 10.2 Å². The maximum absolute atomic E-state index is 12.5. The minimum atomic E-state index is -4.66.